The first-order chi connectivity index (χ1) is 15.0. The fourth-order valence-corrected chi connectivity index (χ4v) is 4.97. The maximum absolute atomic E-state index is 13.4. The number of piperidine rings is 1. The molecule has 0 radical (unpaired) electrons. The van der Waals surface area contributed by atoms with Gasteiger partial charge in [-0.05, 0) is 62.9 Å². The van der Waals surface area contributed by atoms with Crippen molar-refractivity contribution in [3.63, 3.8) is 0 Å². The normalized spacial score (nSPS) is 23.1. The summed E-state index contributed by atoms with van der Waals surface area (Å²) in [5, 5.41) is 11.1. The second-order valence-corrected chi connectivity index (χ2v) is 8.76. The molecule has 1 fully saturated rings. The molecule has 0 aliphatic carbocycles. The Morgan fingerprint density at radius 3 is 2.55 bits per heavy atom. The Labute approximate surface area is 181 Å². The quantitative estimate of drug-likeness (QED) is 0.678. The second kappa shape index (κ2) is 7.93. The van der Waals surface area contributed by atoms with Crippen molar-refractivity contribution in [2.24, 2.45) is 0 Å². The van der Waals surface area contributed by atoms with Crippen LogP contribution in [0, 0.1) is 0 Å². The number of rotatable bonds is 3. The van der Waals surface area contributed by atoms with E-state index in [1.807, 2.05) is 18.2 Å². The van der Waals surface area contributed by atoms with Gasteiger partial charge in [0, 0.05) is 0 Å². The van der Waals surface area contributed by atoms with E-state index in [4.69, 9.17) is 13.9 Å². The topological polar surface area (TPSA) is 73.3 Å². The van der Waals surface area contributed by atoms with Gasteiger partial charge in [-0.25, -0.2) is 0 Å². The van der Waals surface area contributed by atoms with E-state index in [2.05, 4.69) is 13.8 Å². The molecule has 6 heteroatoms. The first-order valence-electron chi connectivity index (χ1n) is 11.0. The zero-order chi connectivity index (χ0) is 21.5. The molecule has 3 aromatic rings. The number of aromatic hydroxyl groups is 1. The molecule has 0 bridgehead atoms. The Kier molecular flexibility index (Phi) is 5.10. The van der Waals surface area contributed by atoms with Crippen molar-refractivity contribution >= 4 is 11.0 Å². The molecule has 1 unspecified atom stereocenters. The molecule has 162 valence electrons. The number of likely N-dealkylation sites (tertiary alicyclic amines) is 1. The van der Waals surface area contributed by atoms with Crippen LogP contribution in [-0.4, -0.2) is 30.4 Å². The van der Waals surface area contributed by atoms with E-state index in [-0.39, 0.29) is 11.2 Å². The summed E-state index contributed by atoms with van der Waals surface area (Å²) < 4.78 is 17.2. The number of benzene rings is 2. The number of nitrogens with one attached hydrogen (secondary N) is 1. The van der Waals surface area contributed by atoms with E-state index in [9.17, 15) is 9.90 Å². The Hall–Kier alpha value is -2.99. The zero-order valence-corrected chi connectivity index (χ0v) is 17.9. The molecule has 2 aliphatic rings. The summed E-state index contributed by atoms with van der Waals surface area (Å²) in [6, 6.07) is 9.74. The maximum atomic E-state index is 13.4. The summed E-state index contributed by atoms with van der Waals surface area (Å²) in [4.78, 5) is 14.8. The standard InChI is InChI=1S/C25H27NO5/c1-15-4-3-5-16(2)26(15)13-19-21(27)8-7-18-24(28)20(14-31-25(18)19)17-6-9-22-23(12-17)30-11-10-29-22/h6-9,12,14-16,27H,3-5,10-11,13H2,1-2H3/p+1/t15-,16+. The molecular weight excluding hydrogens is 394 g/mol. The first kappa shape index (κ1) is 19.9. The van der Waals surface area contributed by atoms with E-state index in [0.717, 1.165) is 5.56 Å². The SMILES string of the molecule is C[C@@H]1CCC[C@H](C)[NH+]1Cc1c(O)ccc2c(=O)c(-c3ccc4c(c3)OCCO4)coc12. The van der Waals surface area contributed by atoms with Gasteiger partial charge in [0.2, 0.25) is 5.43 Å². The monoisotopic (exact) mass is 422 g/mol. The minimum Gasteiger partial charge on any atom is -0.507 e. The highest BCUT2D eigenvalue weighted by Gasteiger charge is 2.30. The molecule has 0 spiro atoms. The van der Waals surface area contributed by atoms with E-state index < -0.39 is 0 Å². The number of phenolic OH excluding ortho intramolecular Hbond substituents is 1. The van der Waals surface area contributed by atoms with Crippen LogP contribution in [0.1, 0.15) is 38.7 Å². The molecule has 6 nitrogen and oxygen atoms in total. The second-order valence-electron chi connectivity index (χ2n) is 8.76. The van der Waals surface area contributed by atoms with Gasteiger partial charge in [0.15, 0.2) is 11.5 Å². The molecule has 3 atom stereocenters. The van der Waals surface area contributed by atoms with Gasteiger partial charge in [-0.3, -0.25) is 4.79 Å². The van der Waals surface area contributed by atoms with Crippen molar-refractivity contribution < 1.29 is 23.9 Å². The molecule has 2 N–H and O–H groups in total. The van der Waals surface area contributed by atoms with Crippen LogP contribution in [0.4, 0.5) is 0 Å². The summed E-state index contributed by atoms with van der Waals surface area (Å²) in [5.41, 5.74) is 2.25. The van der Waals surface area contributed by atoms with Crippen LogP contribution in [0.15, 0.2) is 45.8 Å². The van der Waals surface area contributed by atoms with Crippen LogP contribution in [-0.2, 0) is 6.54 Å². The number of hydrogen-bond donors (Lipinski definition) is 2. The molecule has 0 amide bonds. The van der Waals surface area contributed by atoms with Crippen LogP contribution < -0.4 is 19.8 Å². The van der Waals surface area contributed by atoms with Gasteiger partial charge in [0.05, 0.1) is 28.6 Å². The van der Waals surface area contributed by atoms with Gasteiger partial charge in [0.1, 0.15) is 37.4 Å². The van der Waals surface area contributed by atoms with Gasteiger partial charge < -0.3 is 23.9 Å². The van der Waals surface area contributed by atoms with E-state index in [1.54, 1.807) is 12.1 Å². The van der Waals surface area contributed by atoms with Crippen LogP contribution >= 0.6 is 0 Å². The number of fused-ring (bicyclic) bond motifs is 2. The molecule has 2 aromatic carbocycles. The van der Waals surface area contributed by atoms with Crippen LogP contribution in [0.5, 0.6) is 17.2 Å². The fraction of sp³-hybridized carbons (Fsp3) is 0.400. The number of hydrogen-bond acceptors (Lipinski definition) is 5. The number of phenols is 1. The summed E-state index contributed by atoms with van der Waals surface area (Å²) in [5.74, 6) is 1.49. The van der Waals surface area contributed by atoms with Crippen LogP contribution in [0.25, 0.3) is 22.1 Å². The first-order valence-corrected chi connectivity index (χ1v) is 11.0. The average Bonchev–Trinajstić information content (AvgIpc) is 2.77. The molecule has 5 rings (SSSR count). The highest BCUT2D eigenvalue weighted by Crippen LogP contribution is 2.35. The van der Waals surface area contributed by atoms with Crippen LogP contribution in [0.2, 0.25) is 0 Å². The third kappa shape index (κ3) is 3.55. The smallest absolute Gasteiger partial charge is 0.200 e. The van der Waals surface area contributed by atoms with Gasteiger partial charge in [-0.15, -0.1) is 0 Å². The van der Waals surface area contributed by atoms with Crippen molar-refractivity contribution in [1.29, 1.82) is 0 Å². The van der Waals surface area contributed by atoms with E-state index in [1.165, 1.54) is 30.4 Å². The van der Waals surface area contributed by atoms with Crippen molar-refractivity contribution in [3.8, 4) is 28.4 Å². The lowest BCUT2D eigenvalue weighted by atomic mass is 9.96. The predicted octanol–water partition coefficient (Wildman–Crippen LogP) is 3.28. The molecular formula is C25H28NO5+. The lowest BCUT2D eigenvalue weighted by Gasteiger charge is -2.36. The van der Waals surface area contributed by atoms with Crippen LogP contribution in [0.3, 0.4) is 0 Å². The van der Waals surface area contributed by atoms with Gasteiger partial charge in [-0.2, -0.15) is 0 Å². The van der Waals surface area contributed by atoms with E-state index >= 15 is 0 Å². The predicted molar refractivity (Wildman–Crippen MR) is 118 cm³/mol. The summed E-state index contributed by atoms with van der Waals surface area (Å²) in [7, 11) is 0. The van der Waals surface area contributed by atoms with Crippen molar-refractivity contribution in [2.75, 3.05) is 13.2 Å². The Balaban J connectivity index is 1.57. The molecule has 3 heterocycles. The molecule has 1 aromatic heterocycles. The van der Waals surface area contributed by atoms with Gasteiger partial charge >= 0.3 is 0 Å². The summed E-state index contributed by atoms with van der Waals surface area (Å²) >= 11 is 0. The minimum atomic E-state index is -0.117. The van der Waals surface area contributed by atoms with E-state index in [0.29, 0.717) is 65.4 Å². The molecule has 1 saturated heterocycles. The summed E-state index contributed by atoms with van der Waals surface area (Å²) in [6.07, 6.45) is 5.07. The van der Waals surface area contributed by atoms with Gasteiger partial charge in [-0.1, -0.05) is 6.07 Å². The lowest BCUT2D eigenvalue weighted by molar-refractivity contribution is -0.964. The average molecular weight is 423 g/mol. The third-order valence-electron chi connectivity index (χ3n) is 6.79. The Morgan fingerprint density at radius 2 is 1.77 bits per heavy atom. The van der Waals surface area contributed by atoms with Gasteiger partial charge in [0.25, 0.3) is 0 Å². The van der Waals surface area contributed by atoms with Crippen molar-refractivity contribution in [1.82, 2.24) is 0 Å². The summed E-state index contributed by atoms with van der Waals surface area (Å²) in [6.45, 7) is 6.15. The Morgan fingerprint density at radius 1 is 1.03 bits per heavy atom. The maximum Gasteiger partial charge on any atom is 0.200 e. The third-order valence-corrected chi connectivity index (χ3v) is 6.79. The Bertz CT molecular complexity index is 1170. The highest BCUT2D eigenvalue weighted by molar-refractivity contribution is 5.85. The molecule has 2 aliphatic heterocycles. The largest absolute Gasteiger partial charge is 0.507 e. The highest BCUT2D eigenvalue weighted by atomic mass is 16.6. The minimum absolute atomic E-state index is 0.117. The molecule has 0 saturated carbocycles. The van der Waals surface area contributed by atoms with Crippen molar-refractivity contribution in [3.05, 3.63) is 52.4 Å². The fourth-order valence-electron chi connectivity index (χ4n) is 4.97. The lowest BCUT2D eigenvalue weighted by Crippen LogP contribution is -3.18. The number of quaternary nitrogens is 1. The number of ether oxygens (including phenoxy) is 2. The molecule has 31 heavy (non-hydrogen) atoms. The zero-order valence-electron chi connectivity index (χ0n) is 17.9. The van der Waals surface area contributed by atoms with Crippen molar-refractivity contribution in [2.45, 2.75) is 51.7 Å².